The van der Waals surface area contributed by atoms with E-state index in [0.717, 1.165) is 17.8 Å². The Bertz CT molecular complexity index is 1000. The van der Waals surface area contributed by atoms with Crippen molar-refractivity contribution in [3.8, 4) is 0 Å². The quantitative estimate of drug-likeness (QED) is 0.768. The van der Waals surface area contributed by atoms with E-state index in [1.54, 1.807) is 29.5 Å². The minimum Gasteiger partial charge on any atom is -0.346 e. The molecule has 3 aromatic rings. The summed E-state index contributed by atoms with van der Waals surface area (Å²) in [5, 5.41) is 4.41. The molecular weight excluding hydrogens is 348 g/mol. The van der Waals surface area contributed by atoms with Crippen LogP contribution in [-0.2, 0) is 24.2 Å². The van der Waals surface area contributed by atoms with Crippen LogP contribution in [0.25, 0.3) is 10.9 Å². The lowest BCUT2D eigenvalue weighted by Gasteiger charge is -2.12. The molecular formula is C19H20N4O2S. The first-order chi connectivity index (χ1) is 12.6. The van der Waals surface area contributed by atoms with Crippen LogP contribution in [0.1, 0.15) is 41.4 Å². The molecule has 1 aliphatic rings. The van der Waals surface area contributed by atoms with Crippen molar-refractivity contribution in [1.29, 1.82) is 0 Å². The molecule has 0 unspecified atom stereocenters. The number of thiazole rings is 1. The highest BCUT2D eigenvalue weighted by Crippen LogP contribution is 2.29. The van der Waals surface area contributed by atoms with Crippen molar-refractivity contribution in [1.82, 2.24) is 19.9 Å². The minimum absolute atomic E-state index is 0.0495. The smallest absolute Gasteiger partial charge is 0.261 e. The van der Waals surface area contributed by atoms with Crippen LogP contribution in [0.3, 0.4) is 0 Å². The zero-order valence-electron chi connectivity index (χ0n) is 14.6. The van der Waals surface area contributed by atoms with Crippen LogP contribution < -0.4 is 10.9 Å². The summed E-state index contributed by atoms with van der Waals surface area (Å²) in [6.45, 7) is 1.88. The van der Waals surface area contributed by atoms with E-state index in [0.29, 0.717) is 10.9 Å². The van der Waals surface area contributed by atoms with Crippen molar-refractivity contribution in [3.05, 3.63) is 56.5 Å². The van der Waals surface area contributed by atoms with Crippen molar-refractivity contribution in [2.24, 2.45) is 0 Å². The molecule has 1 aromatic carbocycles. The van der Waals surface area contributed by atoms with Crippen LogP contribution in [0.4, 0.5) is 0 Å². The van der Waals surface area contributed by atoms with Crippen molar-refractivity contribution in [2.45, 2.75) is 45.2 Å². The lowest BCUT2D eigenvalue weighted by molar-refractivity contribution is -0.122. The number of nitrogens with zero attached hydrogens (tertiary/aromatic N) is 3. The van der Waals surface area contributed by atoms with Gasteiger partial charge in [0.05, 0.1) is 29.0 Å². The molecule has 0 radical (unpaired) electrons. The standard InChI is InChI=1S/C19H20N4O2S/c1-12(18-22-15-8-4-5-9-16(15)26-18)21-17(24)10-23-11-20-14-7-3-2-6-13(14)19(23)25/h2-3,6-7,11-12H,4-5,8-10H2,1H3,(H,21,24)/t12-/m0/s1. The van der Waals surface area contributed by atoms with Crippen molar-refractivity contribution < 1.29 is 4.79 Å². The second-order valence-corrected chi connectivity index (χ2v) is 7.73. The van der Waals surface area contributed by atoms with Crippen LogP contribution in [0.15, 0.2) is 35.4 Å². The molecule has 6 nitrogen and oxygen atoms in total. The van der Waals surface area contributed by atoms with E-state index in [-0.39, 0.29) is 24.1 Å². The van der Waals surface area contributed by atoms with Crippen molar-refractivity contribution in [3.63, 3.8) is 0 Å². The highest BCUT2D eigenvalue weighted by Gasteiger charge is 2.19. The highest BCUT2D eigenvalue weighted by atomic mass is 32.1. The minimum atomic E-state index is -0.218. The Kier molecular flexibility index (Phi) is 4.55. The predicted octanol–water partition coefficient (Wildman–Crippen LogP) is 2.61. The monoisotopic (exact) mass is 368 g/mol. The first-order valence-corrected chi connectivity index (χ1v) is 9.65. The molecule has 26 heavy (non-hydrogen) atoms. The van der Waals surface area contributed by atoms with E-state index in [2.05, 4.69) is 10.3 Å². The number of carbonyl (C=O) groups excluding carboxylic acids is 1. The number of nitrogens with one attached hydrogen (secondary N) is 1. The summed E-state index contributed by atoms with van der Waals surface area (Å²) in [6, 6.07) is 6.97. The van der Waals surface area contributed by atoms with Gasteiger partial charge in [-0.2, -0.15) is 0 Å². The lowest BCUT2D eigenvalue weighted by Crippen LogP contribution is -2.34. The predicted molar refractivity (Wildman–Crippen MR) is 101 cm³/mol. The molecule has 1 N–H and O–H groups in total. The Morgan fingerprint density at radius 3 is 2.96 bits per heavy atom. The molecule has 7 heteroatoms. The number of fused-ring (bicyclic) bond motifs is 2. The number of para-hydroxylation sites is 1. The highest BCUT2D eigenvalue weighted by molar-refractivity contribution is 7.11. The molecule has 1 atom stereocenters. The fourth-order valence-electron chi connectivity index (χ4n) is 3.28. The van der Waals surface area contributed by atoms with Gasteiger partial charge in [-0.1, -0.05) is 12.1 Å². The van der Waals surface area contributed by atoms with E-state index in [1.807, 2.05) is 13.0 Å². The number of benzene rings is 1. The number of carbonyl (C=O) groups is 1. The molecule has 1 amide bonds. The van der Waals surface area contributed by atoms with Gasteiger partial charge in [0.25, 0.3) is 5.56 Å². The van der Waals surface area contributed by atoms with E-state index in [4.69, 9.17) is 4.98 Å². The van der Waals surface area contributed by atoms with E-state index in [1.165, 1.54) is 34.3 Å². The topological polar surface area (TPSA) is 76.9 Å². The zero-order chi connectivity index (χ0) is 18.1. The van der Waals surface area contributed by atoms with Crippen LogP contribution in [0, 0.1) is 0 Å². The number of hydrogen-bond acceptors (Lipinski definition) is 5. The van der Waals surface area contributed by atoms with Gasteiger partial charge in [-0.15, -0.1) is 11.3 Å². The molecule has 134 valence electrons. The van der Waals surface area contributed by atoms with Crippen molar-refractivity contribution >= 4 is 28.1 Å². The van der Waals surface area contributed by atoms with Crippen molar-refractivity contribution in [2.75, 3.05) is 0 Å². The Morgan fingerprint density at radius 1 is 1.31 bits per heavy atom. The normalized spacial score (nSPS) is 14.8. The summed E-state index contributed by atoms with van der Waals surface area (Å²) in [5.74, 6) is -0.218. The number of aromatic nitrogens is 3. The van der Waals surface area contributed by atoms with Gasteiger partial charge in [-0.05, 0) is 44.7 Å². The van der Waals surface area contributed by atoms with E-state index < -0.39 is 0 Å². The van der Waals surface area contributed by atoms with Gasteiger partial charge in [0.1, 0.15) is 11.6 Å². The molecule has 0 bridgehead atoms. The number of rotatable bonds is 4. The molecule has 1 aliphatic carbocycles. The molecule has 0 aliphatic heterocycles. The average molecular weight is 368 g/mol. The number of amides is 1. The Balaban J connectivity index is 1.48. The molecule has 0 spiro atoms. The lowest BCUT2D eigenvalue weighted by atomic mass is 10.0. The fraction of sp³-hybridized carbons (Fsp3) is 0.368. The van der Waals surface area contributed by atoms with E-state index >= 15 is 0 Å². The second-order valence-electron chi connectivity index (χ2n) is 6.61. The maximum Gasteiger partial charge on any atom is 0.261 e. The summed E-state index contributed by atoms with van der Waals surface area (Å²) >= 11 is 1.69. The average Bonchev–Trinajstić information content (AvgIpc) is 3.09. The Hall–Kier alpha value is -2.54. The molecule has 0 saturated heterocycles. The van der Waals surface area contributed by atoms with Gasteiger partial charge >= 0.3 is 0 Å². The fourth-order valence-corrected chi connectivity index (χ4v) is 4.44. The van der Waals surface area contributed by atoms with Gasteiger partial charge in [0.15, 0.2) is 0 Å². The maximum absolute atomic E-state index is 12.5. The zero-order valence-corrected chi connectivity index (χ0v) is 15.4. The van der Waals surface area contributed by atoms with Crippen LogP contribution in [-0.4, -0.2) is 20.4 Å². The maximum atomic E-state index is 12.5. The molecule has 0 saturated carbocycles. The summed E-state index contributed by atoms with van der Waals surface area (Å²) in [6.07, 6.45) is 5.95. The molecule has 2 aromatic heterocycles. The first-order valence-electron chi connectivity index (χ1n) is 8.84. The van der Waals surface area contributed by atoms with Gasteiger partial charge in [0, 0.05) is 4.88 Å². The van der Waals surface area contributed by atoms with Gasteiger partial charge in [-0.3, -0.25) is 14.2 Å². The van der Waals surface area contributed by atoms with Gasteiger partial charge < -0.3 is 5.32 Å². The largest absolute Gasteiger partial charge is 0.346 e. The van der Waals surface area contributed by atoms with Gasteiger partial charge in [-0.25, -0.2) is 9.97 Å². The third-order valence-electron chi connectivity index (χ3n) is 4.66. The third-order valence-corrected chi connectivity index (χ3v) is 6.00. The van der Waals surface area contributed by atoms with E-state index in [9.17, 15) is 9.59 Å². The summed E-state index contributed by atoms with van der Waals surface area (Å²) in [4.78, 5) is 35.2. The second kappa shape index (κ2) is 6.99. The van der Waals surface area contributed by atoms with Crippen LogP contribution in [0.5, 0.6) is 0 Å². The Morgan fingerprint density at radius 2 is 2.12 bits per heavy atom. The summed E-state index contributed by atoms with van der Waals surface area (Å²) in [5.41, 5.74) is 1.62. The SMILES string of the molecule is C[C@H](NC(=O)Cn1cnc2ccccc2c1=O)c1nc2c(s1)CCCC2. The summed E-state index contributed by atoms with van der Waals surface area (Å²) in [7, 11) is 0. The van der Waals surface area contributed by atoms with Gasteiger partial charge in [0.2, 0.25) is 5.91 Å². The molecule has 2 heterocycles. The molecule has 4 rings (SSSR count). The Labute approximate surface area is 154 Å². The third kappa shape index (κ3) is 3.26. The molecule has 0 fully saturated rings. The number of aryl methyl sites for hydroxylation is 2. The first kappa shape index (κ1) is 16.9. The number of hydrogen-bond donors (Lipinski definition) is 1. The van der Waals surface area contributed by atoms with Crippen LogP contribution in [0.2, 0.25) is 0 Å². The summed E-state index contributed by atoms with van der Waals surface area (Å²) < 4.78 is 1.34. The van der Waals surface area contributed by atoms with Crippen LogP contribution >= 0.6 is 11.3 Å².